The van der Waals surface area contributed by atoms with Crippen LogP contribution in [0, 0.1) is 17.6 Å². The SMILES string of the molecule is COc1cccc(O)c1CN1CCCC(C2NNCC2c2cc(F)ccc2F)C1. The molecule has 2 aromatic carbocycles. The lowest BCUT2D eigenvalue weighted by atomic mass is 9.81. The van der Waals surface area contributed by atoms with Crippen molar-refractivity contribution in [3.05, 3.63) is 59.2 Å². The number of hydrazine groups is 1. The Kier molecular flexibility index (Phi) is 5.99. The molecule has 0 aromatic heterocycles. The van der Waals surface area contributed by atoms with Gasteiger partial charge in [-0.1, -0.05) is 6.07 Å². The molecule has 0 spiro atoms. The number of ether oxygens (including phenoxy) is 1. The maximum Gasteiger partial charge on any atom is 0.127 e. The zero-order chi connectivity index (χ0) is 20.4. The number of methoxy groups -OCH3 is 1. The highest BCUT2D eigenvalue weighted by molar-refractivity contribution is 5.43. The second-order valence-corrected chi connectivity index (χ2v) is 7.92. The predicted octanol–water partition coefficient (Wildman–Crippen LogP) is 3.15. The molecule has 2 heterocycles. The molecular formula is C22H27F2N3O2. The van der Waals surface area contributed by atoms with Gasteiger partial charge in [-0.05, 0) is 61.2 Å². The first kappa shape index (κ1) is 20.1. The van der Waals surface area contributed by atoms with Gasteiger partial charge in [-0.3, -0.25) is 15.8 Å². The minimum Gasteiger partial charge on any atom is -0.507 e. The van der Waals surface area contributed by atoms with Crippen LogP contribution in [0.5, 0.6) is 11.5 Å². The van der Waals surface area contributed by atoms with Crippen molar-refractivity contribution in [1.82, 2.24) is 15.8 Å². The monoisotopic (exact) mass is 403 g/mol. The largest absolute Gasteiger partial charge is 0.507 e. The van der Waals surface area contributed by atoms with Gasteiger partial charge in [0.1, 0.15) is 23.1 Å². The molecule has 3 atom stereocenters. The maximum absolute atomic E-state index is 14.4. The molecule has 0 amide bonds. The van der Waals surface area contributed by atoms with E-state index < -0.39 is 5.82 Å². The van der Waals surface area contributed by atoms with Gasteiger partial charge in [0, 0.05) is 37.2 Å². The van der Waals surface area contributed by atoms with Gasteiger partial charge in [0.25, 0.3) is 0 Å². The average Bonchev–Trinajstić information content (AvgIpc) is 3.21. The minimum absolute atomic E-state index is 0.0142. The van der Waals surface area contributed by atoms with Gasteiger partial charge in [-0.15, -0.1) is 0 Å². The number of halogens is 2. The molecule has 2 aliphatic heterocycles. The lowest BCUT2D eigenvalue weighted by Crippen LogP contribution is -2.46. The third-order valence-electron chi connectivity index (χ3n) is 6.14. The quantitative estimate of drug-likeness (QED) is 0.716. The van der Waals surface area contributed by atoms with Crippen molar-refractivity contribution in [2.75, 3.05) is 26.7 Å². The number of aromatic hydroxyl groups is 1. The molecule has 29 heavy (non-hydrogen) atoms. The summed E-state index contributed by atoms with van der Waals surface area (Å²) >= 11 is 0. The second-order valence-electron chi connectivity index (χ2n) is 7.92. The fraction of sp³-hybridized carbons (Fsp3) is 0.455. The highest BCUT2D eigenvalue weighted by atomic mass is 19.1. The molecule has 0 saturated carbocycles. The van der Waals surface area contributed by atoms with E-state index in [2.05, 4.69) is 15.8 Å². The third-order valence-corrected chi connectivity index (χ3v) is 6.14. The van der Waals surface area contributed by atoms with E-state index in [9.17, 15) is 13.9 Å². The molecule has 4 rings (SSSR count). The molecule has 0 bridgehead atoms. The lowest BCUT2D eigenvalue weighted by Gasteiger charge is -2.37. The van der Waals surface area contributed by atoms with Crippen LogP contribution in [0.1, 0.15) is 29.9 Å². The smallest absolute Gasteiger partial charge is 0.127 e. The average molecular weight is 403 g/mol. The topological polar surface area (TPSA) is 56.8 Å². The van der Waals surface area contributed by atoms with Crippen LogP contribution in [0.4, 0.5) is 8.78 Å². The number of piperidine rings is 1. The highest BCUT2D eigenvalue weighted by Crippen LogP contribution is 2.35. The summed E-state index contributed by atoms with van der Waals surface area (Å²) in [6.07, 6.45) is 2.03. The van der Waals surface area contributed by atoms with E-state index in [1.165, 1.54) is 12.1 Å². The van der Waals surface area contributed by atoms with Crippen molar-refractivity contribution in [3.8, 4) is 11.5 Å². The van der Waals surface area contributed by atoms with Gasteiger partial charge < -0.3 is 9.84 Å². The van der Waals surface area contributed by atoms with E-state index in [1.807, 2.05) is 6.07 Å². The summed E-state index contributed by atoms with van der Waals surface area (Å²) in [4.78, 5) is 2.30. The Morgan fingerprint density at radius 3 is 2.93 bits per heavy atom. The normalized spacial score (nSPS) is 25.3. The minimum atomic E-state index is -0.413. The van der Waals surface area contributed by atoms with E-state index in [0.717, 1.165) is 37.6 Å². The van der Waals surface area contributed by atoms with Crippen LogP contribution in [0.2, 0.25) is 0 Å². The summed E-state index contributed by atoms with van der Waals surface area (Å²) in [6, 6.07) is 8.98. The van der Waals surface area contributed by atoms with Crippen LogP contribution < -0.4 is 15.6 Å². The molecule has 3 N–H and O–H groups in total. The van der Waals surface area contributed by atoms with Crippen LogP contribution >= 0.6 is 0 Å². The molecular weight excluding hydrogens is 376 g/mol. The summed E-state index contributed by atoms with van der Waals surface area (Å²) in [5, 5.41) is 10.3. The number of hydrogen-bond acceptors (Lipinski definition) is 5. The maximum atomic E-state index is 14.4. The first-order valence-corrected chi connectivity index (χ1v) is 10.1. The number of hydrogen-bond donors (Lipinski definition) is 3. The van der Waals surface area contributed by atoms with E-state index in [1.54, 1.807) is 19.2 Å². The zero-order valence-corrected chi connectivity index (χ0v) is 16.5. The van der Waals surface area contributed by atoms with Crippen molar-refractivity contribution < 1.29 is 18.6 Å². The van der Waals surface area contributed by atoms with Gasteiger partial charge in [0.05, 0.1) is 7.11 Å². The molecule has 2 aromatic rings. The van der Waals surface area contributed by atoms with Crippen LogP contribution in [-0.2, 0) is 6.54 Å². The van der Waals surface area contributed by atoms with Gasteiger partial charge in [-0.25, -0.2) is 8.78 Å². The van der Waals surface area contributed by atoms with Crippen LogP contribution in [0.15, 0.2) is 36.4 Å². The number of phenols is 1. The van der Waals surface area contributed by atoms with E-state index in [4.69, 9.17) is 4.74 Å². The molecule has 2 fully saturated rings. The molecule has 0 radical (unpaired) electrons. The van der Waals surface area contributed by atoms with E-state index in [0.29, 0.717) is 24.4 Å². The Bertz CT molecular complexity index is 864. The molecule has 2 saturated heterocycles. The summed E-state index contributed by atoms with van der Waals surface area (Å²) in [6.45, 7) is 2.89. The van der Waals surface area contributed by atoms with Crippen molar-refractivity contribution in [1.29, 1.82) is 0 Å². The molecule has 156 valence electrons. The number of benzene rings is 2. The molecule has 2 aliphatic rings. The standard InChI is InChI=1S/C22H27F2N3O2/c1-29-21-6-2-5-20(28)18(21)13-27-9-3-4-14(12-27)22-17(11-25-26-22)16-10-15(23)7-8-19(16)24/h2,5-8,10,14,17,22,25-26,28H,3-4,9,11-13H2,1H3. The summed E-state index contributed by atoms with van der Waals surface area (Å²) in [5.41, 5.74) is 7.64. The van der Waals surface area contributed by atoms with Gasteiger partial charge >= 0.3 is 0 Å². The summed E-state index contributed by atoms with van der Waals surface area (Å²) < 4.78 is 33.5. The van der Waals surface area contributed by atoms with Crippen LogP contribution in [0.25, 0.3) is 0 Å². The summed E-state index contributed by atoms with van der Waals surface area (Å²) in [5.74, 6) is 0.278. The fourth-order valence-electron chi connectivity index (χ4n) is 4.72. The Hall–Kier alpha value is -2.22. The first-order valence-electron chi connectivity index (χ1n) is 10.1. The molecule has 0 aliphatic carbocycles. The Morgan fingerprint density at radius 1 is 1.24 bits per heavy atom. The van der Waals surface area contributed by atoms with Gasteiger partial charge in [0.15, 0.2) is 0 Å². The van der Waals surface area contributed by atoms with E-state index >= 15 is 0 Å². The summed E-state index contributed by atoms with van der Waals surface area (Å²) in [7, 11) is 1.60. The van der Waals surface area contributed by atoms with Gasteiger partial charge in [0.2, 0.25) is 0 Å². The number of phenolic OH excluding ortho intramolecular Hbond substituents is 1. The fourth-order valence-corrected chi connectivity index (χ4v) is 4.72. The zero-order valence-electron chi connectivity index (χ0n) is 16.5. The second kappa shape index (κ2) is 8.65. The van der Waals surface area contributed by atoms with Crippen molar-refractivity contribution in [2.24, 2.45) is 5.92 Å². The number of rotatable bonds is 5. The highest BCUT2D eigenvalue weighted by Gasteiger charge is 2.38. The van der Waals surface area contributed by atoms with Gasteiger partial charge in [-0.2, -0.15) is 0 Å². The van der Waals surface area contributed by atoms with Crippen molar-refractivity contribution in [3.63, 3.8) is 0 Å². The molecule has 3 unspecified atom stereocenters. The molecule has 5 nitrogen and oxygen atoms in total. The van der Waals surface area contributed by atoms with Crippen LogP contribution in [-0.4, -0.2) is 42.8 Å². The van der Waals surface area contributed by atoms with E-state index in [-0.39, 0.29) is 29.4 Å². The molecule has 7 heteroatoms. The van der Waals surface area contributed by atoms with Crippen molar-refractivity contribution >= 4 is 0 Å². The van der Waals surface area contributed by atoms with Crippen LogP contribution in [0.3, 0.4) is 0 Å². The Labute approximate surface area is 169 Å². The van der Waals surface area contributed by atoms with Crippen molar-refractivity contribution in [2.45, 2.75) is 31.3 Å². The number of nitrogens with one attached hydrogen (secondary N) is 2. The first-order chi connectivity index (χ1) is 14.1. The number of likely N-dealkylation sites (tertiary alicyclic amines) is 1. The predicted molar refractivity (Wildman–Crippen MR) is 107 cm³/mol. The third kappa shape index (κ3) is 4.22. The number of nitrogens with zero attached hydrogens (tertiary/aromatic N) is 1. The Balaban J connectivity index is 1.50. The lowest BCUT2D eigenvalue weighted by molar-refractivity contribution is 0.137. The Morgan fingerprint density at radius 2 is 2.10 bits per heavy atom.